The first-order valence-corrected chi connectivity index (χ1v) is 12.1. The molecule has 0 unspecified atom stereocenters. The maximum atomic E-state index is 11.4. The Kier molecular flexibility index (Phi) is 8.13. The van der Waals surface area contributed by atoms with Gasteiger partial charge in [0, 0.05) is 11.6 Å². The van der Waals surface area contributed by atoms with Crippen molar-refractivity contribution in [2.24, 2.45) is 0 Å². The third-order valence-corrected chi connectivity index (χ3v) is 5.72. The monoisotopic (exact) mass is 501 g/mol. The van der Waals surface area contributed by atoms with Gasteiger partial charge in [-0.15, -0.1) is 0 Å². The second-order valence-electron chi connectivity index (χ2n) is 9.44. The summed E-state index contributed by atoms with van der Waals surface area (Å²) >= 11 is 0. The van der Waals surface area contributed by atoms with Crippen LogP contribution < -0.4 is 18.9 Å². The summed E-state index contributed by atoms with van der Waals surface area (Å²) in [5.41, 5.74) is 1.96. The molecule has 4 aromatic rings. The molecule has 0 fully saturated rings. The lowest BCUT2D eigenvalue weighted by atomic mass is 9.87. The second kappa shape index (κ2) is 11.6. The summed E-state index contributed by atoms with van der Waals surface area (Å²) in [6.07, 6.45) is 1.75. The van der Waals surface area contributed by atoms with E-state index in [1.165, 1.54) is 6.07 Å². The van der Waals surface area contributed by atoms with Gasteiger partial charge in [-0.2, -0.15) is 0 Å². The number of hydrogen-bond acceptors (Lipinski definition) is 6. The Bertz CT molecular complexity index is 1360. The number of nitrogens with zero attached hydrogens (tertiary/aromatic N) is 1. The molecule has 0 amide bonds. The van der Waals surface area contributed by atoms with Crippen LogP contribution >= 0.6 is 0 Å². The molecule has 37 heavy (non-hydrogen) atoms. The molecular weight excluding hydrogens is 470 g/mol. The van der Waals surface area contributed by atoms with Gasteiger partial charge in [-0.05, 0) is 47.4 Å². The number of carbonyl (C=O) groups is 1. The molecule has 0 bridgehead atoms. The molecule has 4 rings (SSSR count). The summed E-state index contributed by atoms with van der Waals surface area (Å²) in [5.74, 6) is 1.16. The van der Waals surface area contributed by atoms with Gasteiger partial charge in [0.25, 0.3) is 0 Å². The molecule has 3 aromatic carbocycles. The third-order valence-electron chi connectivity index (χ3n) is 5.72. The number of para-hydroxylation sites is 2. The molecule has 0 aliphatic rings. The molecule has 0 aliphatic carbocycles. The van der Waals surface area contributed by atoms with E-state index in [0.29, 0.717) is 36.2 Å². The summed E-state index contributed by atoms with van der Waals surface area (Å²) in [7, 11) is 0. The third kappa shape index (κ3) is 6.70. The van der Waals surface area contributed by atoms with Gasteiger partial charge >= 0.3 is 5.97 Å². The van der Waals surface area contributed by atoms with Crippen molar-refractivity contribution in [3.05, 3.63) is 90.1 Å². The lowest BCUT2D eigenvalue weighted by Crippen LogP contribution is -2.15. The molecule has 0 aliphatic heterocycles. The summed E-state index contributed by atoms with van der Waals surface area (Å²) < 4.78 is 23.6. The van der Waals surface area contributed by atoms with Crippen molar-refractivity contribution < 1.29 is 28.8 Å². The number of carboxylic acids is 1. The van der Waals surface area contributed by atoms with Crippen molar-refractivity contribution in [1.82, 2.24) is 4.98 Å². The molecule has 0 saturated carbocycles. The predicted molar refractivity (Wildman–Crippen MR) is 142 cm³/mol. The Labute approximate surface area is 216 Å². The minimum atomic E-state index is -1.04. The minimum absolute atomic E-state index is 0.0714. The van der Waals surface area contributed by atoms with Crippen LogP contribution in [0.25, 0.3) is 10.9 Å². The van der Waals surface area contributed by atoms with Crippen LogP contribution in [0.1, 0.15) is 36.7 Å². The predicted octanol–water partition coefficient (Wildman–Crippen LogP) is 6.15. The zero-order chi connectivity index (χ0) is 26.3. The Morgan fingerprint density at radius 1 is 0.730 bits per heavy atom. The molecule has 1 N–H and O–H groups in total. The highest BCUT2D eigenvalue weighted by atomic mass is 16.6. The standard InChI is InChI=1S/C30H31NO6/c1-30(2,3)22-13-14-25(35-17-18-36-26-12-6-8-21-9-7-15-31-28(21)26)27(20-22)37-19-16-34-24-11-5-4-10-23(24)29(32)33/h4-15,20H,16-19H2,1-3H3,(H,32,33). The topological polar surface area (TPSA) is 87.1 Å². The molecule has 7 heteroatoms. The number of pyridine rings is 1. The summed E-state index contributed by atoms with van der Waals surface area (Å²) in [5, 5.41) is 10.3. The Hall–Kier alpha value is -4.26. The molecule has 192 valence electrons. The van der Waals surface area contributed by atoms with E-state index in [4.69, 9.17) is 18.9 Å². The maximum Gasteiger partial charge on any atom is 0.339 e. The van der Waals surface area contributed by atoms with Crippen LogP contribution in [0.4, 0.5) is 0 Å². The van der Waals surface area contributed by atoms with E-state index in [9.17, 15) is 9.90 Å². The number of fused-ring (bicyclic) bond motifs is 1. The first kappa shape index (κ1) is 25.8. The average Bonchev–Trinajstić information content (AvgIpc) is 2.89. The average molecular weight is 502 g/mol. The lowest BCUT2D eigenvalue weighted by molar-refractivity contribution is 0.0691. The van der Waals surface area contributed by atoms with Gasteiger partial charge in [-0.1, -0.05) is 57.2 Å². The summed E-state index contributed by atoms with van der Waals surface area (Å²) in [6, 6.07) is 22.1. The molecular formula is C30H31NO6. The van der Waals surface area contributed by atoms with E-state index >= 15 is 0 Å². The first-order chi connectivity index (χ1) is 17.8. The fourth-order valence-corrected chi connectivity index (χ4v) is 3.77. The number of benzene rings is 3. The van der Waals surface area contributed by atoms with Crippen LogP contribution in [0.15, 0.2) is 79.0 Å². The highest BCUT2D eigenvalue weighted by molar-refractivity contribution is 5.90. The van der Waals surface area contributed by atoms with Crippen molar-refractivity contribution in [1.29, 1.82) is 0 Å². The highest BCUT2D eigenvalue weighted by Crippen LogP contribution is 2.33. The van der Waals surface area contributed by atoms with Crippen LogP contribution in [0.2, 0.25) is 0 Å². The number of ether oxygens (including phenoxy) is 4. The van der Waals surface area contributed by atoms with Crippen molar-refractivity contribution >= 4 is 16.9 Å². The van der Waals surface area contributed by atoms with Crippen LogP contribution in [-0.2, 0) is 5.41 Å². The largest absolute Gasteiger partial charge is 0.489 e. The van der Waals surface area contributed by atoms with Crippen LogP contribution in [0.3, 0.4) is 0 Å². The normalized spacial score (nSPS) is 11.2. The first-order valence-electron chi connectivity index (χ1n) is 12.1. The van der Waals surface area contributed by atoms with E-state index in [1.807, 2.05) is 48.5 Å². The molecule has 1 aromatic heterocycles. The van der Waals surface area contributed by atoms with Crippen LogP contribution in [0, 0.1) is 0 Å². The van der Waals surface area contributed by atoms with E-state index < -0.39 is 5.97 Å². The molecule has 0 spiro atoms. The van der Waals surface area contributed by atoms with Gasteiger partial charge in [0.15, 0.2) is 11.5 Å². The van der Waals surface area contributed by atoms with Crippen molar-refractivity contribution in [2.45, 2.75) is 26.2 Å². The molecule has 0 atom stereocenters. The fraction of sp³-hybridized carbons (Fsp3) is 0.267. The van der Waals surface area contributed by atoms with Crippen molar-refractivity contribution in [3.8, 4) is 23.0 Å². The summed E-state index contributed by atoms with van der Waals surface area (Å²) in [6.45, 7) is 7.44. The van der Waals surface area contributed by atoms with Gasteiger partial charge in [0.05, 0.1) is 0 Å². The Balaban J connectivity index is 1.38. The number of carboxylic acid groups (broad SMARTS) is 1. The smallest absolute Gasteiger partial charge is 0.339 e. The fourth-order valence-electron chi connectivity index (χ4n) is 3.77. The SMILES string of the molecule is CC(C)(C)c1ccc(OCCOc2cccc3cccnc23)c(OCCOc2ccccc2C(=O)O)c1. The van der Waals surface area contributed by atoms with Gasteiger partial charge in [-0.3, -0.25) is 4.98 Å². The zero-order valence-electron chi connectivity index (χ0n) is 21.3. The van der Waals surface area contributed by atoms with E-state index in [-0.39, 0.29) is 24.2 Å². The number of aromatic nitrogens is 1. The molecule has 1 heterocycles. The van der Waals surface area contributed by atoms with Gasteiger partial charge in [-0.25, -0.2) is 4.79 Å². The van der Waals surface area contributed by atoms with E-state index in [1.54, 1.807) is 24.4 Å². The zero-order valence-corrected chi connectivity index (χ0v) is 21.3. The van der Waals surface area contributed by atoms with Crippen LogP contribution in [-0.4, -0.2) is 42.5 Å². The second-order valence-corrected chi connectivity index (χ2v) is 9.44. The maximum absolute atomic E-state index is 11.4. The van der Waals surface area contributed by atoms with E-state index in [2.05, 4.69) is 25.8 Å². The molecule has 0 saturated heterocycles. The van der Waals surface area contributed by atoms with Gasteiger partial charge in [0.2, 0.25) is 0 Å². The Morgan fingerprint density at radius 3 is 2.08 bits per heavy atom. The van der Waals surface area contributed by atoms with Crippen molar-refractivity contribution in [3.63, 3.8) is 0 Å². The quantitative estimate of drug-likeness (QED) is 0.247. The number of rotatable bonds is 11. The number of aromatic carboxylic acids is 1. The Morgan fingerprint density at radius 2 is 1.35 bits per heavy atom. The van der Waals surface area contributed by atoms with Gasteiger partial charge < -0.3 is 24.1 Å². The van der Waals surface area contributed by atoms with Crippen molar-refractivity contribution in [2.75, 3.05) is 26.4 Å². The van der Waals surface area contributed by atoms with E-state index in [0.717, 1.165) is 16.5 Å². The minimum Gasteiger partial charge on any atom is -0.489 e. The number of hydrogen-bond donors (Lipinski definition) is 1. The molecule has 7 nitrogen and oxygen atoms in total. The molecule has 0 radical (unpaired) electrons. The lowest BCUT2D eigenvalue weighted by Gasteiger charge is -2.21. The highest BCUT2D eigenvalue weighted by Gasteiger charge is 2.17. The van der Waals surface area contributed by atoms with Crippen LogP contribution in [0.5, 0.6) is 23.0 Å². The van der Waals surface area contributed by atoms with Gasteiger partial charge in [0.1, 0.15) is 49.0 Å². The summed E-state index contributed by atoms with van der Waals surface area (Å²) in [4.78, 5) is 15.8.